The molecule has 0 aromatic heterocycles. The van der Waals surface area contributed by atoms with Gasteiger partial charge < -0.3 is 10.2 Å². The van der Waals surface area contributed by atoms with Gasteiger partial charge in [0.15, 0.2) is 5.96 Å². The summed E-state index contributed by atoms with van der Waals surface area (Å²) in [6.45, 7) is 6.54. The molecule has 1 N–H and O–H groups in total. The van der Waals surface area contributed by atoms with Crippen molar-refractivity contribution >= 4 is 40.0 Å². The van der Waals surface area contributed by atoms with Crippen molar-refractivity contribution in [1.29, 1.82) is 0 Å². The van der Waals surface area contributed by atoms with Crippen LogP contribution in [0.25, 0.3) is 0 Å². The summed E-state index contributed by atoms with van der Waals surface area (Å²) in [4.78, 5) is 7.13. The Balaban J connectivity index is 0.00000280. The molecule has 1 aliphatic carbocycles. The highest BCUT2D eigenvalue weighted by Gasteiger charge is 2.43. The highest BCUT2D eigenvalue weighted by molar-refractivity contribution is 14.0. The normalized spacial score (nSPS) is 19.1. The van der Waals surface area contributed by atoms with Gasteiger partial charge in [-0.1, -0.05) is 18.6 Å². The average molecular weight is 520 g/mol. The van der Waals surface area contributed by atoms with Gasteiger partial charge in [0, 0.05) is 39.8 Å². The molecule has 0 atom stereocenters. The number of aliphatic imine (C=N–C) groups is 1. The number of halogens is 1. The minimum Gasteiger partial charge on any atom is -0.352 e. The molecule has 2 aliphatic rings. The Bertz CT molecular complexity index is 789. The molecule has 28 heavy (non-hydrogen) atoms. The molecule has 0 unspecified atom stereocenters. The molecule has 0 bridgehead atoms. The van der Waals surface area contributed by atoms with E-state index in [0.717, 1.165) is 24.6 Å². The number of hydrogen-bond acceptors (Lipinski definition) is 3. The fourth-order valence-corrected chi connectivity index (χ4v) is 5.30. The van der Waals surface area contributed by atoms with Gasteiger partial charge in [0.2, 0.25) is 10.0 Å². The van der Waals surface area contributed by atoms with Crippen LogP contribution in [0.2, 0.25) is 0 Å². The second-order valence-corrected chi connectivity index (χ2v) is 10.2. The first-order chi connectivity index (χ1) is 12.8. The fourth-order valence-electron chi connectivity index (χ4n) is 3.94. The topological polar surface area (TPSA) is 65.0 Å². The van der Waals surface area contributed by atoms with Gasteiger partial charge in [-0.05, 0) is 56.2 Å². The van der Waals surface area contributed by atoms with Crippen LogP contribution in [0.15, 0.2) is 34.2 Å². The predicted octanol–water partition coefficient (Wildman–Crippen LogP) is 3.28. The van der Waals surface area contributed by atoms with Gasteiger partial charge in [0.25, 0.3) is 0 Å². The second kappa shape index (κ2) is 9.30. The van der Waals surface area contributed by atoms with E-state index in [1.54, 1.807) is 19.2 Å². The summed E-state index contributed by atoms with van der Waals surface area (Å²) in [7, 11) is 0.00784. The molecule has 1 aromatic carbocycles. The monoisotopic (exact) mass is 520 g/mol. The number of nitrogens with zero attached hydrogens (tertiary/aromatic N) is 3. The lowest BCUT2D eigenvalue weighted by atomic mass is 9.68. The molecule has 1 aromatic rings. The summed E-state index contributed by atoms with van der Waals surface area (Å²) in [6.07, 6.45) is 5.33. The molecule has 158 valence electrons. The first kappa shape index (κ1) is 23.4. The lowest BCUT2D eigenvalue weighted by Crippen LogP contribution is -2.42. The van der Waals surface area contributed by atoms with Crippen LogP contribution in [0.1, 0.15) is 45.1 Å². The number of sulfonamides is 1. The zero-order chi connectivity index (χ0) is 19.7. The Labute approximate surface area is 186 Å². The molecule has 1 aliphatic heterocycles. The SMILES string of the molecule is CN=C(NCc1ccc(S(=O)(=O)N(C)C(C)C)cc1)N1CCC2(CCC2)C1.I. The molecule has 0 amide bonds. The molecule has 3 rings (SSSR count). The van der Waals surface area contributed by atoms with Crippen molar-refractivity contribution in [1.82, 2.24) is 14.5 Å². The third kappa shape index (κ3) is 4.81. The summed E-state index contributed by atoms with van der Waals surface area (Å²) >= 11 is 0. The van der Waals surface area contributed by atoms with Crippen LogP contribution in [0, 0.1) is 5.41 Å². The van der Waals surface area contributed by atoms with E-state index in [2.05, 4.69) is 15.2 Å². The van der Waals surface area contributed by atoms with Gasteiger partial charge >= 0.3 is 0 Å². The van der Waals surface area contributed by atoms with E-state index in [-0.39, 0.29) is 30.0 Å². The van der Waals surface area contributed by atoms with Gasteiger partial charge in [-0.15, -0.1) is 24.0 Å². The molecule has 6 nitrogen and oxygen atoms in total. The van der Waals surface area contributed by atoms with E-state index in [9.17, 15) is 8.42 Å². The lowest BCUT2D eigenvalue weighted by molar-refractivity contribution is 0.151. The van der Waals surface area contributed by atoms with Gasteiger partial charge in [-0.2, -0.15) is 4.31 Å². The lowest BCUT2D eigenvalue weighted by Gasteiger charge is -2.38. The van der Waals surface area contributed by atoms with E-state index in [1.165, 1.54) is 30.0 Å². The molecule has 1 spiro atoms. The van der Waals surface area contributed by atoms with Crippen LogP contribution < -0.4 is 5.32 Å². The van der Waals surface area contributed by atoms with Gasteiger partial charge in [-0.25, -0.2) is 8.42 Å². The molecule has 0 radical (unpaired) electrons. The smallest absolute Gasteiger partial charge is 0.243 e. The zero-order valence-electron chi connectivity index (χ0n) is 17.3. The number of rotatable bonds is 5. The first-order valence-electron chi connectivity index (χ1n) is 9.80. The maximum atomic E-state index is 12.6. The zero-order valence-corrected chi connectivity index (χ0v) is 20.5. The van der Waals surface area contributed by atoms with Gasteiger partial charge in [0.05, 0.1) is 4.90 Å². The van der Waals surface area contributed by atoms with Crippen LogP contribution in [-0.2, 0) is 16.6 Å². The minimum absolute atomic E-state index is 0. The summed E-state index contributed by atoms with van der Waals surface area (Å²) < 4.78 is 26.5. The van der Waals surface area contributed by atoms with Crippen LogP contribution >= 0.6 is 24.0 Å². The van der Waals surface area contributed by atoms with Crippen LogP contribution in [0.3, 0.4) is 0 Å². The van der Waals surface area contributed by atoms with Crippen molar-refractivity contribution in [2.45, 2.75) is 57.0 Å². The van der Waals surface area contributed by atoms with Crippen molar-refractivity contribution in [2.24, 2.45) is 10.4 Å². The molecule has 1 heterocycles. The van der Waals surface area contributed by atoms with E-state index >= 15 is 0 Å². The summed E-state index contributed by atoms with van der Waals surface area (Å²) in [5.41, 5.74) is 1.58. The molecule has 2 fully saturated rings. The maximum Gasteiger partial charge on any atom is 0.243 e. The number of nitrogens with one attached hydrogen (secondary N) is 1. The Kier molecular flexibility index (Phi) is 7.77. The second-order valence-electron chi connectivity index (χ2n) is 8.18. The highest BCUT2D eigenvalue weighted by Crippen LogP contribution is 2.47. The van der Waals surface area contributed by atoms with Gasteiger partial charge in [-0.3, -0.25) is 4.99 Å². The first-order valence-corrected chi connectivity index (χ1v) is 11.2. The number of guanidine groups is 1. The fraction of sp³-hybridized carbons (Fsp3) is 0.650. The molecular weight excluding hydrogens is 487 g/mol. The van der Waals surface area contributed by atoms with Crippen LogP contribution in [0.5, 0.6) is 0 Å². The van der Waals surface area contributed by atoms with E-state index in [0.29, 0.717) is 16.9 Å². The molecule has 1 saturated heterocycles. The summed E-state index contributed by atoms with van der Waals surface area (Å²) in [6, 6.07) is 7.05. The standard InChI is InChI=1S/C20H32N4O2S.HI/c1-16(2)23(4)27(25,26)18-8-6-17(7-9-18)14-22-19(21-3)24-13-12-20(15-24)10-5-11-20;/h6-9,16H,5,10-15H2,1-4H3,(H,21,22);1H. The van der Waals surface area contributed by atoms with Crippen molar-refractivity contribution in [3.05, 3.63) is 29.8 Å². The largest absolute Gasteiger partial charge is 0.352 e. The van der Waals surface area contributed by atoms with Crippen molar-refractivity contribution < 1.29 is 8.42 Å². The molecular formula is C20H33IN4O2S. The highest BCUT2D eigenvalue weighted by atomic mass is 127. The summed E-state index contributed by atoms with van der Waals surface area (Å²) in [5.74, 6) is 0.940. The van der Waals surface area contributed by atoms with Crippen LogP contribution in [0.4, 0.5) is 0 Å². The Morgan fingerprint density at radius 2 is 1.89 bits per heavy atom. The van der Waals surface area contributed by atoms with E-state index in [4.69, 9.17) is 0 Å². The minimum atomic E-state index is -3.43. The van der Waals surface area contributed by atoms with E-state index < -0.39 is 10.0 Å². The summed E-state index contributed by atoms with van der Waals surface area (Å²) in [5, 5.41) is 3.43. The van der Waals surface area contributed by atoms with Gasteiger partial charge in [0.1, 0.15) is 0 Å². The number of hydrogen-bond donors (Lipinski definition) is 1. The number of likely N-dealkylation sites (tertiary alicyclic amines) is 1. The van der Waals surface area contributed by atoms with Crippen molar-refractivity contribution in [3.8, 4) is 0 Å². The quantitative estimate of drug-likeness (QED) is 0.368. The maximum absolute atomic E-state index is 12.6. The average Bonchev–Trinajstić information content (AvgIpc) is 3.08. The third-order valence-corrected chi connectivity index (χ3v) is 8.19. The van der Waals surface area contributed by atoms with E-state index in [1.807, 2.05) is 33.0 Å². The van der Waals surface area contributed by atoms with Crippen LogP contribution in [-0.4, -0.2) is 56.8 Å². The Morgan fingerprint density at radius 1 is 1.25 bits per heavy atom. The van der Waals surface area contributed by atoms with Crippen molar-refractivity contribution in [2.75, 3.05) is 27.2 Å². The van der Waals surface area contributed by atoms with Crippen molar-refractivity contribution in [3.63, 3.8) is 0 Å². The third-order valence-electron chi connectivity index (χ3n) is 6.14. The number of benzene rings is 1. The molecule has 1 saturated carbocycles. The Hall–Kier alpha value is -0.870. The predicted molar refractivity (Wildman–Crippen MR) is 125 cm³/mol. The Morgan fingerprint density at radius 3 is 2.36 bits per heavy atom. The molecule has 8 heteroatoms.